The highest BCUT2D eigenvalue weighted by atomic mass is 19.1. The number of nitrogens with two attached hydrogens (primary N) is 1. The molecule has 0 fully saturated rings. The number of benzene rings is 1. The molecule has 0 radical (unpaired) electrons. The Kier molecular flexibility index (Phi) is 4.08. The molecule has 0 spiro atoms. The van der Waals surface area contributed by atoms with Crippen LogP contribution in [-0.4, -0.2) is 27.4 Å². The summed E-state index contributed by atoms with van der Waals surface area (Å²) in [6, 6.07) is 8.41. The van der Waals surface area contributed by atoms with Crippen molar-refractivity contribution in [1.29, 1.82) is 0 Å². The predicted molar refractivity (Wildman–Crippen MR) is 85.8 cm³/mol. The minimum Gasteiger partial charge on any atom is -0.396 e. The monoisotopic (exact) mass is 313 g/mol. The van der Waals surface area contributed by atoms with Crippen LogP contribution in [0, 0.1) is 5.82 Å². The maximum atomic E-state index is 14.1. The van der Waals surface area contributed by atoms with Crippen LogP contribution in [-0.2, 0) is 6.42 Å². The van der Waals surface area contributed by atoms with Crippen LogP contribution in [0.2, 0.25) is 0 Å². The van der Waals surface area contributed by atoms with E-state index in [1.165, 1.54) is 6.07 Å². The fraction of sp³-hybridized carbons (Fsp3) is 0.176. The summed E-state index contributed by atoms with van der Waals surface area (Å²) in [5.74, 6) is -0.145. The number of nitrogen functional groups attached to an aromatic ring is 1. The number of anilines is 1. The molecule has 0 saturated carbocycles. The molecule has 0 aliphatic carbocycles. The minimum absolute atomic E-state index is 0.000152. The molecule has 1 aromatic carbocycles. The van der Waals surface area contributed by atoms with Crippen molar-refractivity contribution in [3.05, 3.63) is 53.6 Å². The second-order valence-electron chi connectivity index (χ2n) is 5.24. The second-order valence-corrected chi connectivity index (χ2v) is 5.24. The van der Waals surface area contributed by atoms with Gasteiger partial charge in [-0.05, 0) is 47.7 Å². The van der Waals surface area contributed by atoms with Gasteiger partial charge in [0.2, 0.25) is 0 Å². The lowest BCUT2D eigenvalue weighted by Gasteiger charge is -2.11. The van der Waals surface area contributed by atoms with E-state index in [9.17, 15) is 9.18 Å². The molecule has 0 amide bonds. The van der Waals surface area contributed by atoms with Gasteiger partial charge in [0, 0.05) is 12.8 Å². The van der Waals surface area contributed by atoms with Crippen molar-refractivity contribution < 1.29 is 14.3 Å². The molecule has 2 heterocycles. The Hall–Kier alpha value is -2.73. The van der Waals surface area contributed by atoms with E-state index in [4.69, 9.17) is 10.8 Å². The molecule has 3 aromatic rings. The molecule has 5 nitrogen and oxygen atoms in total. The maximum Gasteiger partial charge on any atom is 0.170 e. The molecule has 0 bridgehead atoms. The molecule has 23 heavy (non-hydrogen) atoms. The minimum atomic E-state index is -0.309. The van der Waals surface area contributed by atoms with E-state index in [-0.39, 0.29) is 23.9 Å². The SMILES string of the molecule is Nc1nc2ccc(-c3cccc(F)c3CCCO)cn2c1C=O. The number of aromatic nitrogens is 2. The largest absolute Gasteiger partial charge is 0.396 e. The van der Waals surface area contributed by atoms with Gasteiger partial charge in [-0.2, -0.15) is 0 Å². The Bertz CT molecular complexity index is 874. The van der Waals surface area contributed by atoms with E-state index in [1.807, 2.05) is 12.1 Å². The first kappa shape index (κ1) is 15.2. The van der Waals surface area contributed by atoms with Gasteiger partial charge in [0.05, 0.1) is 0 Å². The highest BCUT2D eigenvalue weighted by Gasteiger charge is 2.13. The number of fused-ring (bicyclic) bond motifs is 1. The molecule has 6 heteroatoms. The number of carbonyl (C=O) groups is 1. The van der Waals surface area contributed by atoms with Crippen LogP contribution in [0.15, 0.2) is 36.5 Å². The standard InChI is InChI=1S/C17H16FN3O2/c18-14-5-1-3-12(13(14)4-2-8-22)11-6-7-16-20-17(19)15(10-23)21(16)9-11/h1,3,5-7,9-10,22H,2,4,8,19H2. The second kappa shape index (κ2) is 6.18. The highest BCUT2D eigenvalue weighted by molar-refractivity contribution is 5.82. The van der Waals surface area contributed by atoms with Gasteiger partial charge in [-0.3, -0.25) is 9.20 Å². The van der Waals surface area contributed by atoms with Crippen molar-refractivity contribution in [2.45, 2.75) is 12.8 Å². The van der Waals surface area contributed by atoms with Crippen LogP contribution in [0.1, 0.15) is 22.5 Å². The summed E-state index contributed by atoms with van der Waals surface area (Å²) in [6.45, 7) is 0.000152. The lowest BCUT2D eigenvalue weighted by molar-refractivity contribution is 0.111. The number of carbonyl (C=O) groups excluding carboxylic acids is 1. The molecule has 0 unspecified atom stereocenters. The fourth-order valence-electron chi connectivity index (χ4n) is 2.70. The van der Waals surface area contributed by atoms with Crippen LogP contribution in [0.5, 0.6) is 0 Å². The number of hydrogen-bond acceptors (Lipinski definition) is 4. The van der Waals surface area contributed by atoms with E-state index in [0.29, 0.717) is 30.3 Å². The summed E-state index contributed by atoms with van der Waals surface area (Å²) in [5.41, 5.74) is 8.58. The lowest BCUT2D eigenvalue weighted by atomic mass is 9.97. The van der Waals surface area contributed by atoms with Crippen molar-refractivity contribution in [3.63, 3.8) is 0 Å². The van der Waals surface area contributed by atoms with Crippen molar-refractivity contribution >= 4 is 17.8 Å². The average molecular weight is 313 g/mol. The number of aliphatic hydroxyl groups is 1. The predicted octanol–water partition coefficient (Wildman–Crippen LogP) is 2.46. The molecular formula is C17H16FN3O2. The first-order chi connectivity index (χ1) is 11.2. The van der Waals surface area contributed by atoms with Gasteiger partial charge >= 0.3 is 0 Å². The summed E-state index contributed by atoms with van der Waals surface area (Å²) in [6.07, 6.45) is 3.29. The van der Waals surface area contributed by atoms with Crippen molar-refractivity contribution in [1.82, 2.24) is 9.38 Å². The van der Waals surface area contributed by atoms with Crippen molar-refractivity contribution in [2.24, 2.45) is 0 Å². The summed E-state index contributed by atoms with van der Waals surface area (Å²) in [5, 5.41) is 9.00. The van der Waals surface area contributed by atoms with E-state index >= 15 is 0 Å². The van der Waals surface area contributed by atoms with Crippen LogP contribution < -0.4 is 5.73 Å². The van der Waals surface area contributed by atoms with E-state index in [0.717, 1.165) is 11.1 Å². The van der Waals surface area contributed by atoms with Gasteiger partial charge in [0.1, 0.15) is 17.2 Å². The number of nitrogens with zero attached hydrogens (tertiary/aromatic N) is 2. The molecule has 0 atom stereocenters. The number of imidazole rings is 1. The van der Waals surface area contributed by atoms with Crippen LogP contribution in [0.3, 0.4) is 0 Å². The van der Waals surface area contributed by atoms with Gasteiger partial charge in [0.15, 0.2) is 12.1 Å². The number of halogens is 1. The zero-order valence-electron chi connectivity index (χ0n) is 12.4. The Morgan fingerprint density at radius 3 is 2.87 bits per heavy atom. The van der Waals surface area contributed by atoms with Crippen LogP contribution >= 0.6 is 0 Å². The van der Waals surface area contributed by atoms with Crippen LogP contribution in [0.25, 0.3) is 16.8 Å². The van der Waals surface area contributed by atoms with Gasteiger partial charge < -0.3 is 10.8 Å². The van der Waals surface area contributed by atoms with Gasteiger partial charge in [-0.15, -0.1) is 0 Å². The first-order valence-corrected chi connectivity index (χ1v) is 7.27. The molecule has 2 aromatic heterocycles. The van der Waals surface area contributed by atoms with Gasteiger partial charge in [0.25, 0.3) is 0 Å². The zero-order chi connectivity index (χ0) is 16.4. The lowest BCUT2D eigenvalue weighted by Crippen LogP contribution is -1.99. The third kappa shape index (κ3) is 2.68. The maximum absolute atomic E-state index is 14.1. The summed E-state index contributed by atoms with van der Waals surface area (Å²) in [4.78, 5) is 15.3. The van der Waals surface area contributed by atoms with E-state index in [1.54, 1.807) is 22.7 Å². The summed E-state index contributed by atoms with van der Waals surface area (Å²) < 4.78 is 15.7. The first-order valence-electron chi connectivity index (χ1n) is 7.27. The Labute approximate surface area is 132 Å². The number of pyridine rings is 1. The number of aliphatic hydroxyl groups excluding tert-OH is 1. The molecule has 118 valence electrons. The quantitative estimate of drug-likeness (QED) is 0.709. The molecule has 0 saturated heterocycles. The molecule has 3 rings (SSSR count). The molecule has 0 aliphatic heterocycles. The van der Waals surface area contributed by atoms with E-state index in [2.05, 4.69) is 4.98 Å². The van der Waals surface area contributed by atoms with E-state index < -0.39 is 0 Å². The normalized spacial score (nSPS) is 11.0. The third-order valence-electron chi connectivity index (χ3n) is 3.81. The number of aldehydes is 1. The van der Waals surface area contributed by atoms with Crippen LogP contribution in [0.4, 0.5) is 10.2 Å². The topological polar surface area (TPSA) is 80.6 Å². The highest BCUT2D eigenvalue weighted by Crippen LogP contribution is 2.28. The number of rotatable bonds is 5. The average Bonchev–Trinajstić information content (AvgIpc) is 2.87. The molecular weight excluding hydrogens is 297 g/mol. The Morgan fingerprint density at radius 2 is 2.13 bits per heavy atom. The van der Waals surface area contributed by atoms with Gasteiger partial charge in [-0.25, -0.2) is 9.37 Å². The Balaban J connectivity index is 2.17. The third-order valence-corrected chi connectivity index (χ3v) is 3.81. The van der Waals surface area contributed by atoms with Crippen molar-refractivity contribution in [3.8, 4) is 11.1 Å². The Morgan fingerprint density at radius 1 is 1.30 bits per heavy atom. The van der Waals surface area contributed by atoms with Gasteiger partial charge in [-0.1, -0.05) is 12.1 Å². The molecule has 3 N–H and O–H groups in total. The fourth-order valence-corrected chi connectivity index (χ4v) is 2.70. The number of hydrogen-bond donors (Lipinski definition) is 2. The van der Waals surface area contributed by atoms with Crippen molar-refractivity contribution in [2.75, 3.05) is 12.3 Å². The molecule has 0 aliphatic rings. The summed E-state index contributed by atoms with van der Waals surface area (Å²) in [7, 11) is 0. The smallest absolute Gasteiger partial charge is 0.170 e. The summed E-state index contributed by atoms with van der Waals surface area (Å²) >= 11 is 0. The zero-order valence-corrected chi connectivity index (χ0v) is 12.4.